The zero-order valence-corrected chi connectivity index (χ0v) is 15.0. The van der Waals surface area contributed by atoms with Gasteiger partial charge >= 0.3 is 12.2 Å². The third-order valence-corrected chi connectivity index (χ3v) is 5.33. The van der Waals surface area contributed by atoms with Gasteiger partial charge in [0, 0.05) is 30.8 Å². The molecule has 26 heavy (non-hydrogen) atoms. The van der Waals surface area contributed by atoms with Crippen LogP contribution in [0.1, 0.15) is 24.1 Å². The number of urea groups is 1. The number of alkyl halides is 3. The smallest absolute Gasteiger partial charge is 0.433 e. The van der Waals surface area contributed by atoms with E-state index in [1.165, 1.54) is 14.0 Å². The molecular weight excluding hydrogens is 378 g/mol. The van der Waals surface area contributed by atoms with Crippen molar-refractivity contribution in [1.29, 1.82) is 0 Å². The van der Waals surface area contributed by atoms with E-state index >= 15 is 0 Å². The van der Waals surface area contributed by atoms with Gasteiger partial charge in [0.2, 0.25) is 5.75 Å². The first-order valence-corrected chi connectivity index (χ1v) is 8.88. The van der Waals surface area contributed by atoms with Crippen LogP contribution in [-0.2, 0) is 16.0 Å². The first-order chi connectivity index (χ1) is 12.0. The number of hydrogen-bond donors (Lipinski definition) is 1. The van der Waals surface area contributed by atoms with Crippen LogP contribution in [-0.4, -0.2) is 51.9 Å². The summed E-state index contributed by atoms with van der Waals surface area (Å²) in [5.41, 5.74) is 2.31. The normalized spacial score (nSPS) is 19.9. The minimum Gasteiger partial charge on any atom is -0.611 e. The summed E-state index contributed by atoms with van der Waals surface area (Å²) < 4.78 is 64.0. The Morgan fingerprint density at radius 3 is 2.46 bits per heavy atom. The Morgan fingerprint density at radius 1 is 1.31 bits per heavy atom. The molecule has 0 bridgehead atoms. The van der Waals surface area contributed by atoms with Crippen molar-refractivity contribution < 1.29 is 31.7 Å². The third-order valence-electron chi connectivity index (χ3n) is 3.82. The second-order valence-electron chi connectivity index (χ2n) is 5.73. The molecule has 1 aromatic rings. The maximum absolute atomic E-state index is 14.4. The lowest BCUT2D eigenvalue weighted by atomic mass is 10.0. The predicted octanol–water partition coefficient (Wildman–Crippen LogP) is 2.26. The Kier molecular flexibility index (Phi) is 5.83. The van der Waals surface area contributed by atoms with Crippen molar-refractivity contribution in [2.75, 3.05) is 19.3 Å². The molecule has 144 valence electrons. The number of hydrazine groups is 1. The van der Waals surface area contributed by atoms with Crippen LogP contribution in [0.15, 0.2) is 17.0 Å². The van der Waals surface area contributed by atoms with Crippen LogP contribution in [0.3, 0.4) is 0 Å². The topological polar surface area (TPSA) is 75.7 Å². The third kappa shape index (κ3) is 4.10. The molecule has 0 radical (unpaired) electrons. The van der Waals surface area contributed by atoms with Crippen molar-refractivity contribution >= 4 is 23.1 Å². The molecule has 3 amide bonds. The van der Waals surface area contributed by atoms with Gasteiger partial charge in [-0.1, -0.05) is 0 Å². The van der Waals surface area contributed by atoms with Gasteiger partial charge in [-0.3, -0.25) is 14.7 Å². The number of likely N-dealkylation sites (N-methyl/N-ethyl adjacent to an activating group) is 1. The van der Waals surface area contributed by atoms with E-state index < -0.39 is 46.9 Å². The van der Waals surface area contributed by atoms with E-state index in [1.54, 1.807) is 6.92 Å². The molecule has 0 saturated carbocycles. The van der Waals surface area contributed by atoms with Crippen molar-refractivity contribution in [3.63, 3.8) is 0 Å². The molecule has 0 spiro atoms. The van der Waals surface area contributed by atoms with Crippen LogP contribution in [0.25, 0.3) is 0 Å². The fourth-order valence-electron chi connectivity index (χ4n) is 2.59. The molecule has 2 unspecified atom stereocenters. The van der Waals surface area contributed by atoms with Crippen molar-refractivity contribution in [1.82, 2.24) is 15.3 Å². The molecule has 2 rings (SSSR count). The summed E-state index contributed by atoms with van der Waals surface area (Å²) in [5.74, 6) is -3.17. The molecule has 1 heterocycles. The van der Waals surface area contributed by atoms with Crippen molar-refractivity contribution in [3.8, 4) is 0 Å². The van der Waals surface area contributed by atoms with Crippen LogP contribution in [0, 0.1) is 12.7 Å². The molecule has 1 fully saturated rings. The summed E-state index contributed by atoms with van der Waals surface area (Å²) >= 11 is -2.45. The molecule has 11 heteroatoms. The zero-order valence-electron chi connectivity index (χ0n) is 14.2. The van der Waals surface area contributed by atoms with Gasteiger partial charge < -0.3 is 4.55 Å². The minimum absolute atomic E-state index is 0.0422. The summed E-state index contributed by atoms with van der Waals surface area (Å²) in [6.07, 6.45) is -4.66. The second kappa shape index (κ2) is 7.41. The number of rotatable bonds is 4. The second-order valence-corrected chi connectivity index (χ2v) is 7.15. The number of benzene rings is 1. The Labute approximate surface area is 150 Å². The summed E-state index contributed by atoms with van der Waals surface area (Å²) in [4.78, 5) is 25.0. The summed E-state index contributed by atoms with van der Waals surface area (Å²) in [6.45, 7) is 2.93. The number of carbonyl (C=O) groups is 2. The summed E-state index contributed by atoms with van der Waals surface area (Å²) in [5, 5.41) is 0.987. The van der Waals surface area contributed by atoms with E-state index in [0.717, 1.165) is 22.0 Å². The van der Waals surface area contributed by atoms with Gasteiger partial charge in [-0.15, -0.1) is 0 Å². The van der Waals surface area contributed by atoms with Gasteiger partial charge in [-0.2, -0.15) is 13.2 Å². The molecule has 6 nitrogen and oxygen atoms in total. The fraction of sp³-hybridized carbons (Fsp3) is 0.467. The highest BCUT2D eigenvalue weighted by atomic mass is 32.2. The number of hydrogen-bond acceptors (Lipinski definition) is 4. The lowest BCUT2D eigenvalue weighted by Crippen LogP contribution is -2.60. The SMILES string of the molecule is CCN1C(=O)C(c2cc([S+]([O-])CC(F)(F)F)c(C)cc2F)NN(C)C1=O. The van der Waals surface area contributed by atoms with Crippen molar-refractivity contribution in [2.45, 2.75) is 31.0 Å². The van der Waals surface area contributed by atoms with Crippen LogP contribution in [0.4, 0.5) is 22.4 Å². The zero-order chi connectivity index (χ0) is 19.8. The highest BCUT2D eigenvalue weighted by Crippen LogP contribution is 2.30. The largest absolute Gasteiger partial charge is 0.611 e. The molecule has 1 aliphatic heterocycles. The highest BCUT2D eigenvalue weighted by molar-refractivity contribution is 7.91. The first-order valence-electron chi connectivity index (χ1n) is 7.56. The van der Waals surface area contributed by atoms with E-state index in [2.05, 4.69) is 5.43 Å². The maximum Gasteiger partial charge on any atom is 0.433 e. The lowest BCUT2D eigenvalue weighted by molar-refractivity contribution is -0.135. The quantitative estimate of drug-likeness (QED) is 0.627. The monoisotopic (exact) mass is 395 g/mol. The molecule has 0 aliphatic carbocycles. The molecule has 1 aromatic carbocycles. The molecule has 0 aromatic heterocycles. The van der Waals surface area contributed by atoms with Gasteiger partial charge in [0.25, 0.3) is 5.91 Å². The number of nitrogens with one attached hydrogen (secondary N) is 1. The molecule has 1 saturated heterocycles. The minimum atomic E-state index is -4.66. The standard InChI is InChI=1S/C15H17F4N3O3S/c1-4-22-13(23)12(20-21(3)14(22)24)9-6-11(8(2)5-10(9)16)26(25)7-15(17,18)19/h5-6,12,20H,4,7H2,1-3H3. The van der Waals surface area contributed by atoms with Gasteiger partial charge in [0.1, 0.15) is 11.9 Å². The summed E-state index contributed by atoms with van der Waals surface area (Å²) in [6, 6.07) is -0.0396. The average molecular weight is 395 g/mol. The molecular formula is C15H17F4N3O3S. The highest BCUT2D eigenvalue weighted by Gasteiger charge is 2.40. The average Bonchev–Trinajstić information content (AvgIpc) is 2.50. The lowest BCUT2D eigenvalue weighted by Gasteiger charge is -2.37. The number of nitrogens with zero attached hydrogens (tertiary/aromatic N) is 2. The van der Waals surface area contributed by atoms with E-state index in [0.29, 0.717) is 0 Å². The molecule has 2 atom stereocenters. The van der Waals surface area contributed by atoms with Crippen molar-refractivity contribution in [2.24, 2.45) is 0 Å². The number of amides is 3. The molecule has 1 N–H and O–H groups in total. The van der Waals surface area contributed by atoms with Crippen molar-refractivity contribution in [3.05, 3.63) is 29.1 Å². The first kappa shape index (κ1) is 20.5. The maximum atomic E-state index is 14.4. The van der Waals surface area contributed by atoms with E-state index in [9.17, 15) is 31.7 Å². The Bertz CT molecular complexity index is 729. The van der Waals surface area contributed by atoms with Gasteiger partial charge in [-0.05, 0) is 31.1 Å². The van der Waals surface area contributed by atoms with Crippen LogP contribution in [0.2, 0.25) is 0 Å². The van der Waals surface area contributed by atoms with E-state index in [-0.39, 0.29) is 22.6 Å². The van der Waals surface area contributed by atoms with Gasteiger partial charge in [0.05, 0.1) is 0 Å². The Balaban J connectivity index is 2.44. The number of imide groups is 1. The fourth-order valence-corrected chi connectivity index (χ4v) is 3.72. The Hall–Kier alpha value is -1.85. The van der Waals surface area contributed by atoms with E-state index in [1.807, 2.05) is 0 Å². The summed E-state index contributed by atoms with van der Waals surface area (Å²) in [7, 11) is 1.33. The van der Waals surface area contributed by atoms with Gasteiger partial charge in [-0.25, -0.2) is 14.6 Å². The number of halogens is 4. The number of carbonyl (C=O) groups excluding carboxylic acids is 2. The van der Waals surface area contributed by atoms with Crippen LogP contribution >= 0.6 is 0 Å². The Morgan fingerprint density at radius 2 is 1.92 bits per heavy atom. The van der Waals surface area contributed by atoms with E-state index in [4.69, 9.17) is 0 Å². The van der Waals surface area contributed by atoms with Gasteiger partial charge in [0.15, 0.2) is 4.90 Å². The molecule has 1 aliphatic rings. The number of aryl methyl sites for hydroxylation is 1. The van der Waals surface area contributed by atoms with Crippen LogP contribution in [0.5, 0.6) is 0 Å². The predicted molar refractivity (Wildman–Crippen MR) is 84.9 cm³/mol. The van der Waals surface area contributed by atoms with Crippen LogP contribution < -0.4 is 5.43 Å².